The zero-order valence-corrected chi connectivity index (χ0v) is 14.3. The van der Waals surface area contributed by atoms with Crippen molar-refractivity contribution in [3.05, 3.63) is 0 Å². The lowest BCUT2D eigenvalue weighted by atomic mass is 9.83. The van der Waals surface area contributed by atoms with Gasteiger partial charge in [-0.3, -0.25) is 4.90 Å². The van der Waals surface area contributed by atoms with Crippen LogP contribution >= 0.6 is 0 Å². The second-order valence-electron chi connectivity index (χ2n) is 7.97. The molecule has 0 N–H and O–H groups in total. The molecule has 0 aromatic rings. The van der Waals surface area contributed by atoms with E-state index in [9.17, 15) is 4.79 Å². The molecule has 0 bridgehead atoms. The van der Waals surface area contributed by atoms with Crippen LogP contribution in [0.1, 0.15) is 61.3 Å². The van der Waals surface area contributed by atoms with E-state index in [1.807, 2.05) is 48.5 Å². The van der Waals surface area contributed by atoms with Gasteiger partial charge >= 0.3 is 6.09 Å². The Morgan fingerprint density at radius 1 is 1.38 bits per heavy atom. The van der Waals surface area contributed by atoms with Crippen LogP contribution in [-0.4, -0.2) is 35.0 Å². The SMILES string of the molecule is CC(C)(CC#N)CC1COC(C)(C)N1C(=O)OC(C)(C)C. The van der Waals surface area contributed by atoms with E-state index in [0.717, 1.165) is 0 Å². The van der Waals surface area contributed by atoms with E-state index in [-0.39, 0.29) is 17.6 Å². The lowest BCUT2D eigenvalue weighted by Crippen LogP contribution is -2.50. The van der Waals surface area contributed by atoms with Crippen molar-refractivity contribution < 1.29 is 14.3 Å². The fourth-order valence-electron chi connectivity index (χ4n) is 2.64. The molecule has 5 nitrogen and oxygen atoms in total. The van der Waals surface area contributed by atoms with E-state index >= 15 is 0 Å². The summed E-state index contributed by atoms with van der Waals surface area (Å²) in [4.78, 5) is 14.2. The topological polar surface area (TPSA) is 62.6 Å². The number of nitriles is 1. The van der Waals surface area contributed by atoms with E-state index in [1.54, 1.807) is 4.90 Å². The molecule has 1 fully saturated rings. The number of nitrogens with zero attached hydrogens (tertiary/aromatic N) is 2. The first-order valence-electron chi connectivity index (χ1n) is 7.41. The molecule has 1 amide bonds. The minimum absolute atomic E-state index is 0.0711. The van der Waals surface area contributed by atoms with Gasteiger partial charge in [0.15, 0.2) is 0 Å². The van der Waals surface area contributed by atoms with Crippen molar-refractivity contribution >= 4 is 6.09 Å². The summed E-state index contributed by atoms with van der Waals surface area (Å²) in [7, 11) is 0. The molecule has 1 heterocycles. The minimum Gasteiger partial charge on any atom is -0.444 e. The molecule has 0 aliphatic carbocycles. The third kappa shape index (κ3) is 4.89. The summed E-state index contributed by atoms with van der Waals surface area (Å²) in [5.74, 6) is 0. The fraction of sp³-hybridized carbons (Fsp3) is 0.875. The average Bonchev–Trinajstić information content (AvgIpc) is 2.50. The molecule has 1 aliphatic heterocycles. The summed E-state index contributed by atoms with van der Waals surface area (Å²) in [5.41, 5.74) is -1.39. The molecule has 0 aromatic heterocycles. The monoisotopic (exact) mass is 296 g/mol. The molecule has 1 saturated heterocycles. The highest BCUT2D eigenvalue weighted by molar-refractivity contribution is 5.69. The molecule has 120 valence electrons. The molecule has 5 heteroatoms. The van der Waals surface area contributed by atoms with Gasteiger partial charge < -0.3 is 9.47 Å². The Kier molecular flexibility index (Phi) is 4.94. The van der Waals surface area contributed by atoms with Crippen LogP contribution in [0.2, 0.25) is 0 Å². The zero-order chi connectivity index (χ0) is 16.5. The summed E-state index contributed by atoms with van der Waals surface area (Å²) in [5, 5.41) is 8.92. The smallest absolute Gasteiger partial charge is 0.412 e. The van der Waals surface area contributed by atoms with Crippen LogP contribution < -0.4 is 0 Å². The van der Waals surface area contributed by atoms with E-state index in [1.165, 1.54) is 0 Å². The second-order valence-corrected chi connectivity index (χ2v) is 7.97. The summed E-state index contributed by atoms with van der Waals surface area (Å²) in [6, 6.07) is 2.14. The maximum absolute atomic E-state index is 12.5. The van der Waals surface area contributed by atoms with E-state index in [0.29, 0.717) is 19.4 Å². The van der Waals surface area contributed by atoms with Gasteiger partial charge in [-0.15, -0.1) is 0 Å². The minimum atomic E-state index is -0.685. The zero-order valence-electron chi connectivity index (χ0n) is 14.3. The van der Waals surface area contributed by atoms with Crippen molar-refractivity contribution in [2.45, 2.75) is 78.7 Å². The van der Waals surface area contributed by atoms with Gasteiger partial charge in [-0.25, -0.2) is 4.79 Å². The van der Waals surface area contributed by atoms with Crippen molar-refractivity contribution in [1.29, 1.82) is 5.26 Å². The highest BCUT2D eigenvalue weighted by Gasteiger charge is 2.47. The molecule has 0 aromatic carbocycles. The number of hydrogen-bond acceptors (Lipinski definition) is 4. The molecule has 1 rings (SSSR count). The predicted molar refractivity (Wildman–Crippen MR) is 80.5 cm³/mol. The Bertz CT molecular complexity index is 430. The van der Waals surface area contributed by atoms with Gasteiger partial charge in [0.2, 0.25) is 0 Å². The average molecular weight is 296 g/mol. The summed E-state index contributed by atoms with van der Waals surface area (Å²) >= 11 is 0. The molecule has 1 aliphatic rings. The van der Waals surface area contributed by atoms with Gasteiger partial charge in [0.05, 0.1) is 18.7 Å². The molecule has 1 atom stereocenters. The number of hydrogen-bond donors (Lipinski definition) is 0. The predicted octanol–water partition coefficient (Wildman–Crippen LogP) is 3.69. The Morgan fingerprint density at radius 3 is 2.43 bits per heavy atom. The molecular formula is C16H28N2O3. The van der Waals surface area contributed by atoms with Gasteiger partial charge in [-0.1, -0.05) is 13.8 Å². The van der Waals surface area contributed by atoms with Gasteiger partial charge in [0.1, 0.15) is 11.3 Å². The Balaban J connectivity index is 2.90. The summed E-state index contributed by atoms with van der Waals surface area (Å²) in [6.07, 6.45) is 0.803. The van der Waals surface area contributed by atoms with Crippen LogP contribution in [0.5, 0.6) is 0 Å². The first-order valence-corrected chi connectivity index (χ1v) is 7.41. The lowest BCUT2D eigenvalue weighted by Gasteiger charge is -2.37. The first kappa shape index (κ1) is 17.8. The maximum Gasteiger partial charge on any atom is 0.412 e. The van der Waals surface area contributed by atoms with Crippen molar-refractivity contribution in [2.24, 2.45) is 5.41 Å². The third-order valence-corrected chi connectivity index (χ3v) is 3.51. The largest absolute Gasteiger partial charge is 0.444 e. The van der Waals surface area contributed by atoms with Crippen LogP contribution in [0.4, 0.5) is 4.79 Å². The number of ether oxygens (including phenoxy) is 2. The number of amides is 1. The Morgan fingerprint density at radius 2 is 1.95 bits per heavy atom. The number of carbonyl (C=O) groups excluding carboxylic acids is 1. The molecular weight excluding hydrogens is 268 g/mol. The number of carbonyl (C=O) groups is 1. The summed E-state index contributed by atoms with van der Waals surface area (Å²) in [6.45, 7) is 13.8. The fourth-order valence-corrected chi connectivity index (χ4v) is 2.64. The van der Waals surface area contributed by atoms with Crippen LogP contribution in [0.25, 0.3) is 0 Å². The van der Waals surface area contributed by atoms with E-state index < -0.39 is 11.3 Å². The molecule has 1 unspecified atom stereocenters. The van der Waals surface area contributed by atoms with Crippen molar-refractivity contribution in [3.63, 3.8) is 0 Å². The standard InChI is InChI=1S/C16H28N2O3/c1-14(2,3)21-13(19)18-12(11-20-16(18,6)7)10-15(4,5)8-9-17/h12H,8,10-11H2,1-7H3. The molecule has 0 spiro atoms. The second kappa shape index (κ2) is 5.84. The lowest BCUT2D eigenvalue weighted by molar-refractivity contribution is -0.0635. The normalized spacial score (nSPS) is 22.0. The van der Waals surface area contributed by atoms with E-state index in [4.69, 9.17) is 14.7 Å². The first-order chi connectivity index (χ1) is 9.38. The Labute approximate surface area is 128 Å². The third-order valence-electron chi connectivity index (χ3n) is 3.51. The van der Waals surface area contributed by atoms with Crippen LogP contribution in [0.3, 0.4) is 0 Å². The van der Waals surface area contributed by atoms with Crippen molar-refractivity contribution in [1.82, 2.24) is 4.90 Å². The van der Waals surface area contributed by atoms with Gasteiger partial charge in [0.25, 0.3) is 0 Å². The van der Waals surface area contributed by atoms with Crippen molar-refractivity contribution in [2.75, 3.05) is 6.61 Å². The van der Waals surface area contributed by atoms with Gasteiger partial charge in [0, 0.05) is 6.42 Å². The van der Waals surface area contributed by atoms with E-state index in [2.05, 4.69) is 6.07 Å². The van der Waals surface area contributed by atoms with Crippen LogP contribution in [0.15, 0.2) is 0 Å². The summed E-state index contributed by atoms with van der Waals surface area (Å²) < 4.78 is 11.3. The number of rotatable bonds is 3. The maximum atomic E-state index is 12.5. The molecule has 0 saturated carbocycles. The Hall–Kier alpha value is -1.28. The van der Waals surface area contributed by atoms with Crippen LogP contribution in [0, 0.1) is 16.7 Å². The van der Waals surface area contributed by atoms with Gasteiger partial charge in [-0.2, -0.15) is 5.26 Å². The quantitative estimate of drug-likeness (QED) is 0.797. The van der Waals surface area contributed by atoms with Crippen LogP contribution in [-0.2, 0) is 9.47 Å². The molecule has 21 heavy (non-hydrogen) atoms. The van der Waals surface area contributed by atoms with Gasteiger partial charge in [-0.05, 0) is 46.5 Å². The van der Waals surface area contributed by atoms with Crippen molar-refractivity contribution in [3.8, 4) is 6.07 Å². The highest BCUT2D eigenvalue weighted by Crippen LogP contribution is 2.36. The molecule has 0 radical (unpaired) electrons. The highest BCUT2D eigenvalue weighted by atomic mass is 16.6.